The van der Waals surface area contributed by atoms with Gasteiger partial charge in [0.15, 0.2) is 11.5 Å². The lowest BCUT2D eigenvalue weighted by Gasteiger charge is -2.34. The van der Waals surface area contributed by atoms with E-state index in [0.717, 1.165) is 47.2 Å². The normalized spacial score (nSPS) is 19.4. The van der Waals surface area contributed by atoms with E-state index in [0.29, 0.717) is 63.4 Å². The number of ether oxygens (including phenoxy) is 5. The quantitative estimate of drug-likeness (QED) is 0.169. The van der Waals surface area contributed by atoms with Gasteiger partial charge in [-0.3, -0.25) is 9.59 Å². The van der Waals surface area contributed by atoms with Crippen LogP contribution in [0.25, 0.3) is 22.3 Å². The van der Waals surface area contributed by atoms with Crippen LogP contribution in [0.4, 0.5) is 14.5 Å². The molecule has 0 spiro atoms. The highest BCUT2D eigenvalue weighted by atomic mass is 19.1. The number of nitrogens with one attached hydrogen (secondary N) is 2. The first-order valence-corrected chi connectivity index (χ1v) is 18.2. The molecule has 11 nitrogen and oxygen atoms in total. The molecule has 0 radical (unpaired) electrons. The summed E-state index contributed by atoms with van der Waals surface area (Å²) in [6, 6.07) is 15.8. The second-order valence-electron chi connectivity index (χ2n) is 14.3. The SMILES string of the molecule is COc1cc(C2=CNC(N)C(c3ccc(NC(=O)c4cn(CC5(C)CCOCC5)cc(-c5ccc(F)cc5F)c4=O)cc3)=C2)ccc1OC[C@H]1COCCO1. The number of benzene rings is 3. The van der Waals surface area contributed by atoms with Crippen LogP contribution in [-0.4, -0.2) is 69.5 Å². The third-order valence-corrected chi connectivity index (χ3v) is 10.2. The zero-order valence-corrected chi connectivity index (χ0v) is 30.7. The van der Waals surface area contributed by atoms with Gasteiger partial charge in [0.2, 0.25) is 5.43 Å². The standard InChI is InChI=1S/C42H44F2N4O7/c1-42(11-13-52-14-12-42)25-48-21-34(32-9-6-29(43)19-36(32)44)39(49)35(22-48)41(50)47-30-7-3-26(4-8-30)33-17-28(20-46-40(33)45)27-5-10-37(38(18-27)51-2)55-24-31-23-53-15-16-54-31/h3-10,17-22,31,40,46H,11-16,23-25,45H2,1-2H3,(H,47,50)/t31-,40?/m1/s1. The first-order valence-electron chi connectivity index (χ1n) is 18.2. The van der Waals surface area contributed by atoms with E-state index in [1.54, 1.807) is 23.8 Å². The van der Waals surface area contributed by atoms with Crippen LogP contribution in [0, 0.1) is 17.0 Å². The highest BCUT2D eigenvalue weighted by Gasteiger charge is 2.29. The minimum atomic E-state index is -0.890. The fourth-order valence-electron chi connectivity index (χ4n) is 6.97. The molecule has 4 heterocycles. The first-order chi connectivity index (χ1) is 26.6. The Kier molecular flexibility index (Phi) is 11.4. The molecule has 13 heteroatoms. The van der Waals surface area contributed by atoms with Gasteiger partial charge < -0.3 is 44.6 Å². The molecule has 288 valence electrons. The van der Waals surface area contributed by atoms with Gasteiger partial charge in [0.1, 0.15) is 36.1 Å². The van der Waals surface area contributed by atoms with Crippen LogP contribution in [0.5, 0.6) is 11.5 Å². The van der Waals surface area contributed by atoms with Crippen LogP contribution in [0.15, 0.2) is 90.1 Å². The van der Waals surface area contributed by atoms with E-state index in [1.807, 2.05) is 42.6 Å². The molecule has 7 rings (SSSR count). The maximum Gasteiger partial charge on any atom is 0.261 e. The number of hydrogen-bond acceptors (Lipinski definition) is 9. The molecule has 55 heavy (non-hydrogen) atoms. The Bertz CT molecular complexity index is 2160. The van der Waals surface area contributed by atoms with Crippen molar-refractivity contribution in [3.05, 3.63) is 124 Å². The Hall–Kier alpha value is -5.34. The van der Waals surface area contributed by atoms with Crippen molar-refractivity contribution in [1.82, 2.24) is 9.88 Å². The summed E-state index contributed by atoms with van der Waals surface area (Å²) in [5, 5.41) is 6.04. The number of allylic oxidation sites excluding steroid dienone is 2. The molecule has 0 saturated carbocycles. The summed E-state index contributed by atoms with van der Waals surface area (Å²) >= 11 is 0. The van der Waals surface area contributed by atoms with E-state index >= 15 is 0 Å². The van der Waals surface area contributed by atoms with Gasteiger partial charge in [0, 0.05) is 61.2 Å². The van der Waals surface area contributed by atoms with Crippen molar-refractivity contribution in [2.24, 2.45) is 11.1 Å². The lowest BCUT2D eigenvalue weighted by Crippen LogP contribution is -2.36. The van der Waals surface area contributed by atoms with Crippen LogP contribution in [0.2, 0.25) is 0 Å². The molecule has 1 amide bonds. The maximum absolute atomic E-state index is 15.0. The van der Waals surface area contributed by atoms with Crippen molar-refractivity contribution < 1.29 is 37.3 Å². The maximum atomic E-state index is 15.0. The Morgan fingerprint density at radius 1 is 0.964 bits per heavy atom. The summed E-state index contributed by atoms with van der Waals surface area (Å²) in [7, 11) is 1.59. The summed E-state index contributed by atoms with van der Waals surface area (Å²) in [6.07, 6.45) is 7.77. The zero-order chi connectivity index (χ0) is 38.5. The number of aromatic nitrogens is 1. The number of hydrogen-bond donors (Lipinski definition) is 3. The molecule has 0 aliphatic carbocycles. The van der Waals surface area contributed by atoms with E-state index in [-0.39, 0.29) is 28.2 Å². The second kappa shape index (κ2) is 16.6. The van der Waals surface area contributed by atoms with E-state index in [2.05, 4.69) is 17.6 Å². The van der Waals surface area contributed by atoms with Crippen LogP contribution in [0.3, 0.4) is 0 Å². The second-order valence-corrected chi connectivity index (χ2v) is 14.3. The average molecular weight is 755 g/mol. The summed E-state index contributed by atoms with van der Waals surface area (Å²) in [4.78, 5) is 27.5. The van der Waals surface area contributed by atoms with E-state index in [9.17, 15) is 18.4 Å². The summed E-state index contributed by atoms with van der Waals surface area (Å²) in [6.45, 7) is 5.71. The molecule has 2 saturated heterocycles. The van der Waals surface area contributed by atoms with Gasteiger partial charge in [0.05, 0.1) is 26.9 Å². The average Bonchev–Trinajstić information content (AvgIpc) is 3.19. The number of anilines is 1. The fourth-order valence-corrected chi connectivity index (χ4v) is 6.97. The van der Waals surface area contributed by atoms with Gasteiger partial charge in [-0.25, -0.2) is 8.78 Å². The Morgan fingerprint density at radius 3 is 2.47 bits per heavy atom. The van der Waals surface area contributed by atoms with Gasteiger partial charge in [-0.05, 0) is 83.0 Å². The zero-order valence-electron chi connectivity index (χ0n) is 30.7. The number of carbonyl (C=O) groups excluding carboxylic acids is 1. The molecule has 2 atom stereocenters. The number of amides is 1. The summed E-state index contributed by atoms with van der Waals surface area (Å²) in [5.74, 6) is -1.16. The Labute approximate surface area is 317 Å². The van der Waals surface area contributed by atoms with Crippen LogP contribution in [0.1, 0.15) is 41.3 Å². The Morgan fingerprint density at radius 2 is 1.75 bits per heavy atom. The van der Waals surface area contributed by atoms with Crippen LogP contribution >= 0.6 is 0 Å². The van der Waals surface area contributed by atoms with Crippen LogP contribution in [-0.2, 0) is 20.8 Å². The molecule has 3 aliphatic rings. The molecule has 2 fully saturated rings. The predicted octanol–water partition coefficient (Wildman–Crippen LogP) is 5.98. The third kappa shape index (κ3) is 8.81. The van der Waals surface area contributed by atoms with Crippen molar-refractivity contribution >= 4 is 22.7 Å². The van der Waals surface area contributed by atoms with Crippen molar-refractivity contribution in [2.45, 2.75) is 38.6 Å². The highest BCUT2D eigenvalue weighted by Crippen LogP contribution is 2.35. The minimum Gasteiger partial charge on any atom is -0.493 e. The first kappa shape index (κ1) is 38.0. The van der Waals surface area contributed by atoms with Gasteiger partial charge in [-0.2, -0.15) is 0 Å². The molecule has 1 unspecified atom stereocenters. The predicted molar refractivity (Wildman–Crippen MR) is 205 cm³/mol. The number of carbonyl (C=O) groups is 1. The topological polar surface area (TPSA) is 135 Å². The van der Waals surface area contributed by atoms with E-state index in [4.69, 9.17) is 29.4 Å². The number of dihydropyridines is 1. The lowest BCUT2D eigenvalue weighted by atomic mass is 9.82. The third-order valence-electron chi connectivity index (χ3n) is 10.2. The van der Waals surface area contributed by atoms with Crippen molar-refractivity contribution in [2.75, 3.05) is 52.1 Å². The fraction of sp³-hybridized carbons (Fsp3) is 0.333. The van der Waals surface area contributed by atoms with Crippen molar-refractivity contribution in [1.29, 1.82) is 0 Å². The molecule has 3 aliphatic heterocycles. The number of nitrogens with zero attached hydrogens (tertiary/aromatic N) is 1. The molecule has 4 N–H and O–H groups in total. The van der Waals surface area contributed by atoms with Crippen LogP contribution < -0.4 is 31.3 Å². The molecule has 1 aromatic heterocycles. The monoisotopic (exact) mass is 754 g/mol. The minimum absolute atomic E-state index is 0.0327. The van der Waals surface area contributed by atoms with Crippen molar-refractivity contribution in [3.63, 3.8) is 0 Å². The highest BCUT2D eigenvalue weighted by molar-refractivity contribution is 6.04. The number of halogens is 2. The number of pyridine rings is 1. The number of methoxy groups -OCH3 is 1. The van der Waals surface area contributed by atoms with Gasteiger partial charge in [-0.15, -0.1) is 0 Å². The molecular weight excluding hydrogens is 710 g/mol. The molecule has 4 aromatic rings. The van der Waals surface area contributed by atoms with E-state index < -0.39 is 29.1 Å². The molecule has 3 aromatic carbocycles. The van der Waals surface area contributed by atoms with Gasteiger partial charge in [0.25, 0.3) is 5.91 Å². The van der Waals surface area contributed by atoms with Gasteiger partial charge in [-0.1, -0.05) is 25.1 Å². The Balaban J connectivity index is 1.10. The molecular formula is C42H44F2N4O7. The summed E-state index contributed by atoms with van der Waals surface area (Å²) in [5.41, 5.74) is 9.16. The summed E-state index contributed by atoms with van der Waals surface area (Å²) < 4.78 is 58.8. The number of rotatable bonds is 11. The molecule has 0 bridgehead atoms. The largest absolute Gasteiger partial charge is 0.493 e. The smallest absolute Gasteiger partial charge is 0.261 e. The number of nitrogens with two attached hydrogens (primary N) is 1. The van der Waals surface area contributed by atoms with Crippen molar-refractivity contribution in [3.8, 4) is 22.6 Å². The van der Waals surface area contributed by atoms with E-state index in [1.165, 1.54) is 18.5 Å². The lowest BCUT2D eigenvalue weighted by molar-refractivity contribution is -0.101. The van der Waals surface area contributed by atoms with Gasteiger partial charge >= 0.3 is 0 Å².